The van der Waals surface area contributed by atoms with E-state index >= 15 is 0 Å². The van der Waals surface area contributed by atoms with Gasteiger partial charge in [-0.1, -0.05) is 73.1 Å². The summed E-state index contributed by atoms with van der Waals surface area (Å²) in [7, 11) is 1.79. The molecule has 0 radical (unpaired) electrons. The maximum Gasteiger partial charge on any atom is 0.238 e. The monoisotopic (exact) mass is 480 g/mol. The van der Waals surface area contributed by atoms with Crippen molar-refractivity contribution < 1.29 is 9.59 Å². The van der Waals surface area contributed by atoms with E-state index in [2.05, 4.69) is 5.32 Å². The number of nitrogens with zero attached hydrogens (tertiary/aromatic N) is 1. The van der Waals surface area contributed by atoms with E-state index in [9.17, 15) is 9.59 Å². The fourth-order valence-corrected chi connectivity index (χ4v) is 5.89. The summed E-state index contributed by atoms with van der Waals surface area (Å²) < 4.78 is 0. The fourth-order valence-electron chi connectivity index (χ4n) is 5.52. The second-order valence-corrected chi connectivity index (χ2v) is 9.46. The Morgan fingerprint density at radius 1 is 0.970 bits per heavy atom. The highest BCUT2D eigenvalue weighted by Gasteiger charge is 2.62. The maximum atomic E-state index is 14.0. The first-order valence-corrected chi connectivity index (χ1v) is 11.3. The third-order valence-electron chi connectivity index (χ3n) is 6.93. The van der Waals surface area contributed by atoms with E-state index in [-0.39, 0.29) is 25.7 Å². The molecule has 2 amide bonds. The van der Waals surface area contributed by atoms with Gasteiger partial charge in [-0.3, -0.25) is 9.59 Å². The molecule has 1 N–H and O–H groups in total. The van der Waals surface area contributed by atoms with Crippen LogP contribution in [0.2, 0.25) is 10.0 Å². The molecule has 0 unspecified atom stereocenters. The molecule has 1 saturated heterocycles. The molecule has 4 nitrogen and oxygen atoms in total. The van der Waals surface area contributed by atoms with E-state index in [4.69, 9.17) is 23.2 Å². The van der Waals surface area contributed by atoms with Crippen LogP contribution in [-0.4, -0.2) is 23.8 Å². The Morgan fingerprint density at radius 3 is 2.42 bits per heavy atom. The number of fused-ring (bicyclic) bond motifs is 2. The van der Waals surface area contributed by atoms with Crippen LogP contribution >= 0.6 is 23.2 Å². The highest BCUT2D eigenvalue weighted by molar-refractivity contribution is 6.31. The molecule has 6 heteroatoms. The van der Waals surface area contributed by atoms with Gasteiger partial charge in [0.15, 0.2) is 0 Å². The maximum absolute atomic E-state index is 14.0. The van der Waals surface area contributed by atoms with E-state index in [1.54, 1.807) is 24.1 Å². The van der Waals surface area contributed by atoms with Crippen molar-refractivity contribution in [3.63, 3.8) is 0 Å². The molecule has 0 aromatic heterocycles. The van der Waals surface area contributed by atoms with Gasteiger partial charge in [-0.2, -0.15) is 0 Å². The van der Waals surface area contributed by atoms with E-state index in [0.29, 0.717) is 15.7 Å². The highest BCUT2D eigenvalue weighted by atomic mass is 35.5. The first kappa shape index (κ1) is 23.3. The number of likely N-dealkylation sites (N-methyl/N-ethyl adjacent to an activating group) is 1. The first-order valence-electron chi connectivity index (χ1n) is 10.5. The molecule has 2 aliphatic rings. The molecule has 0 saturated carbocycles. The van der Waals surface area contributed by atoms with E-state index < -0.39 is 17.4 Å². The van der Waals surface area contributed by atoms with E-state index in [0.717, 1.165) is 22.3 Å². The lowest BCUT2D eigenvalue weighted by atomic mass is 9.58. The molecule has 1 fully saturated rings. The number of amides is 2. The molecule has 3 atom stereocenters. The summed E-state index contributed by atoms with van der Waals surface area (Å²) in [6, 6.07) is 20.4. The number of carbonyl (C=O) groups excluding carboxylic acids is 2. The molecular formula is C27H26Cl2N2O2. The summed E-state index contributed by atoms with van der Waals surface area (Å²) in [6.07, 6.45) is 0.203. The van der Waals surface area contributed by atoms with Crippen LogP contribution in [0.25, 0.3) is 0 Å². The van der Waals surface area contributed by atoms with Gasteiger partial charge in [0.1, 0.15) is 5.41 Å². The number of anilines is 1. The Labute approximate surface area is 204 Å². The molecule has 170 valence electrons. The third-order valence-corrected chi connectivity index (χ3v) is 7.40. The molecule has 2 aliphatic heterocycles. The molecule has 0 bridgehead atoms. The Kier molecular flexibility index (Phi) is 6.02. The van der Waals surface area contributed by atoms with Crippen LogP contribution in [0.1, 0.15) is 48.1 Å². The number of benzene rings is 3. The van der Waals surface area contributed by atoms with Gasteiger partial charge in [0.25, 0.3) is 0 Å². The van der Waals surface area contributed by atoms with Gasteiger partial charge in [0.05, 0.1) is 6.04 Å². The number of piperidine rings is 1. The zero-order chi connectivity index (χ0) is 22.6. The summed E-state index contributed by atoms with van der Waals surface area (Å²) >= 11 is 12.6. The second kappa shape index (κ2) is 8.51. The second-order valence-electron chi connectivity index (χ2n) is 8.59. The molecule has 2 heterocycles. The quantitative estimate of drug-likeness (QED) is 0.453. The predicted molar refractivity (Wildman–Crippen MR) is 134 cm³/mol. The van der Waals surface area contributed by atoms with Crippen LogP contribution in [0.3, 0.4) is 0 Å². The number of carbonyl (C=O) groups is 2. The van der Waals surface area contributed by atoms with Crippen molar-refractivity contribution in [3.05, 3.63) is 99.0 Å². The number of rotatable bonds is 2. The first-order chi connectivity index (χ1) is 15.3. The number of likely N-dealkylation sites (tertiary alicyclic amines) is 1. The number of halogens is 2. The molecule has 3 aromatic carbocycles. The molecular weight excluding hydrogens is 455 g/mol. The lowest BCUT2D eigenvalue weighted by Gasteiger charge is -2.50. The average molecular weight is 481 g/mol. The summed E-state index contributed by atoms with van der Waals surface area (Å²) in [5.74, 6) is -0.534. The van der Waals surface area contributed by atoms with Crippen molar-refractivity contribution >= 4 is 40.7 Å². The zero-order valence-electron chi connectivity index (χ0n) is 17.7. The SMILES string of the molecule is C.Cc1ccccc1[C@H]1N(C)C(=O)C[C@@H](c2cccc(Cl)c2)[C@]12C(=O)Nc1cc(Cl)ccc12. The van der Waals surface area contributed by atoms with Crippen LogP contribution in [0.15, 0.2) is 66.7 Å². The fraction of sp³-hybridized carbons (Fsp3) is 0.259. The minimum absolute atomic E-state index is 0. The lowest BCUT2D eigenvalue weighted by Crippen LogP contribution is -2.57. The molecule has 33 heavy (non-hydrogen) atoms. The summed E-state index contributed by atoms with van der Waals surface area (Å²) in [4.78, 5) is 29.0. The molecule has 0 aliphatic carbocycles. The van der Waals surface area contributed by atoms with Crippen LogP contribution < -0.4 is 5.32 Å². The Hall–Kier alpha value is -2.82. The van der Waals surface area contributed by atoms with Crippen molar-refractivity contribution in [3.8, 4) is 0 Å². The summed E-state index contributed by atoms with van der Waals surface area (Å²) in [5.41, 5.74) is 3.36. The lowest BCUT2D eigenvalue weighted by molar-refractivity contribution is -0.143. The molecule has 1 spiro atoms. The Morgan fingerprint density at radius 2 is 1.70 bits per heavy atom. The van der Waals surface area contributed by atoms with Gasteiger partial charge in [0, 0.05) is 35.1 Å². The van der Waals surface area contributed by atoms with Gasteiger partial charge >= 0.3 is 0 Å². The normalized spacial score (nSPS) is 23.8. The minimum Gasteiger partial charge on any atom is -0.337 e. The van der Waals surface area contributed by atoms with Crippen LogP contribution in [-0.2, 0) is 15.0 Å². The average Bonchev–Trinajstić information content (AvgIpc) is 3.03. The number of aryl methyl sites for hydroxylation is 1. The topological polar surface area (TPSA) is 49.4 Å². The van der Waals surface area contributed by atoms with Crippen LogP contribution in [0.5, 0.6) is 0 Å². The number of hydrogen-bond acceptors (Lipinski definition) is 2. The van der Waals surface area contributed by atoms with Gasteiger partial charge in [0.2, 0.25) is 11.8 Å². The molecule has 3 aromatic rings. The zero-order valence-corrected chi connectivity index (χ0v) is 19.2. The van der Waals surface area contributed by atoms with Crippen LogP contribution in [0, 0.1) is 6.92 Å². The smallest absolute Gasteiger partial charge is 0.238 e. The van der Waals surface area contributed by atoms with Gasteiger partial charge in [-0.25, -0.2) is 0 Å². The predicted octanol–water partition coefficient (Wildman–Crippen LogP) is 6.52. The van der Waals surface area contributed by atoms with Gasteiger partial charge < -0.3 is 10.2 Å². The minimum atomic E-state index is -1.03. The Bertz CT molecular complexity index is 1260. The summed E-state index contributed by atoms with van der Waals surface area (Å²) in [5, 5.41) is 4.20. The highest BCUT2D eigenvalue weighted by Crippen LogP contribution is 2.60. The van der Waals surface area contributed by atoms with Crippen LogP contribution in [0.4, 0.5) is 5.69 Å². The van der Waals surface area contributed by atoms with Gasteiger partial charge in [-0.05, 0) is 53.4 Å². The number of hydrogen-bond donors (Lipinski definition) is 1. The van der Waals surface area contributed by atoms with Crippen molar-refractivity contribution in [1.82, 2.24) is 4.90 Å². The third kappa shape index (κ3) is 3.44. The van der Waals surface area contributed by atoms with Crippen molar-refractivity contribution in [1.29, 1.82) is 0 Å². The van der Waals surface area contributed by atoms with Crippen molar-refractivity contribution in [2.45, 2.75) is 38.1 Å². The van der Waals surface area contributed by atoms with Crippen molar-refractivity contribution in [2.24, 2.45) is 0 Å². The van der Waals surface area contributed by atoms with E-state index in [1.807, 2.05) is 61.5 Å². The van der Waals surface area contributed by atoms with Gasteiger partial charge in [-0.15, -0.1) is 0 Å². The Balaban J connectivity index is 0.00000259. The van der Waals surface area contributed by atoms with Crippen molar-refractivity contribution in [2.75, 3.05) is 12.4 Å². The van der Waals surface area contributed by atoms with E-state index in [1.165, 1.54) is 0 Å². The molecule has 5 rings (SSSR count). The summed E-state index contributed by atoms with van der Waals surface area (Å²) in [6.45, 7) is 2.01. The largest absolute Gasteiger partial charge is 0.337 e. The number of nitrogens with one attached hydrogen (secondary N) is 1. The standard InChI is InChI=1S/C26H22Cl2N2O2.CH4/c1-15-6-3-4-9-19(15)24-26(20-11-10-18(28)13-22(20)29-25(26)32)21(14-23(31)30(24)2)16-7-5-8-17(27)12-16;/h3-13,21,24H,14H2,1-2H3,(H,29,32);1H4/t21-,24+,26-;/m0./s1.